The summed E-state index contributed by atoms with van der Waals surface area (Å²) in [6, 6.07) is 9.93. The largest absolute Gasteiger partial charge is 0.469 e. The van der Waals surface area contributed by atoms with Crippen LogP contribution in [0.15, 0.2) is 47.2 Å². The number of anilines is 2. The van der Waals surface area contributed by atoms with E-state index in [0.717, 1.165) is 55.1 Å². The molecular weight excluding hydrogens is 366 g/mol. The molecule has 0 unspecified atom stereocenters. The predicted molar refractivity (Wildman–Crippen MR) is 108 cm³/mol. The maximum Gasteiger partial charge on any atom is 0.274 e. The first kappa shape index (κ1) is 17.8. The van der Waals surface area contributed by atoms with E-state index >= 15 is 0 Å². The van der Waals surface area contributed by atoms with E-state index in [1.165, 1.54) is 0 Å². The number of aromatic amines is 1. The third kappa shape index (κ3) is 3.37. The molecule has 0 bridgehead atoms. The van der Waals surface area contributed by atoms with Crippen molar-refractivity contribution in [2.75, 3.05) is 36.0 Å². The fourth-order valence-corrected chi connectivity index (χ4v) is 4.35. The number of aryl methyl sites for hydroxylation is 1. The number of nitrogens with one attached hydrogen (secondary N) is 1. The number of furan rings is 1. The zero-order valence-electron chi connectivity index (χ0n) is 16.5. The highest BCUT2D eigenvalue weighted by atomic mass is 16.3. The summed E-state index contributed by atoms with van der Waals surface area (Å²) in [5.74, 6) is 2.88. The molecule has 29 heavy (non-hydrogen) atoms. The number of carbonyl (C=O) groups is 1. The lowest BCUT2D eigenvalue weighted by Gasteiger charge is -2.32. The van der Waals surface area contributed by atoms with Crippen molar-refractivity contribution in [3.63, 3.8) is 0 Å². The molecule has 0 aromatic carbocycles. The lowest BCUT2D eigenvalue weighted by atomic mass is 9.84. The summed E-state index contributed by atoms with van der Waals surface area (Å²) < 4.78 is 5.55. The molecule has 1 aliphatic heterocycles. The van der Waals surface area contributed by atoms with Gasteiger partial charge in [-0.15, -0.1) is 0 Å². The smallest absolute Gasteiger partial charge is 0.274 e. The van der Waals surface area contributed by atoms with Crippen LogP contribution in [-0.2, 0) is 6.42 Å². The van der Waals surface area contributed by atoms with Crippen LogP contribution in [0.4, 0.5) is 11.8 Å². The van der Waals surface area contributed by atoms with E-state index in [1.54, 1.807) is 6.26 Å². The molecule has 0 saturated carbocycles. The monoisotopic (exact) mass is 390 g/mol. The second kappa shape index (κ2) is 7.31. The van der Waals surface area contributed by atoms with Crippen molar-refractivity contribution in [2.45, 2.75) is 25.7 Å². The Morgan fingerprint density at radius 2 is 1.86 bits per heavy atom. The van der Waals surface area contributed by atoms with E-state index in [4.69, 9.17) is 14.4 Å². The normalized spacial score (nSPS) is 19.3. The molecule has 3 aromatic heterocycles. The number of pyridine rings is 1. The minimum Gasteiger partial charge on any atom is -0.469 e. The number of fused-ring (bicyclic) bond motifs is 1. The Balaban J connectivity index is 1.37. The summed E-state index contributed by atoms with van der Waals surface area (Å²) in [7, 11) is 0. The van der Waals surface area contributed by atoms with Crippen LogP contribution in [0.2, 0.25) is 0 Å². The van der Waals surface area contributed by atoms with Crippen molar-refractivity contribution >= 4 is 17.5 Å². The van der Waals surface area contributed by atoms with Crippen LogP contribution in [-0.4, -0.2) is 41.9 Å². The first-order valence-corrected chi connectivity index (χ1v) is 10.1. The number of Topliss-reactive ketones (excluding diaryl/α,β-unsaturated/α-hetero) is 1. The van der Waals surface area contributed by atoms with Gasteiger partial charge in [-0.05, 0) is 25.1 Å². The van der Waals surface area contributed by atoms with Gasteiger partial charge in [-0.25, -0.2) is 15.0 Å². The van der Waals surface area contributed by atoms with E-state index in [2.05, 4.69) is 20.9 Å². The van der Waals surface area contributed by atoms with Crippen molar-refractivity contribution in [3.05, 3.63) is 65.5 Å². The van der Waals surface area contributed by atoms with Crippen molar-refractivity contribution in [1.82, 2.24) is 9.97 Å². The van der Waals surface area contributed by atoms with Crippen LogP contribution in [0.1, 0.15) is 39.8 Å². The van der Waals surface area contributed by atoms with E-state index in [0.29, 0.717) is 18.4 Å². The fraction of sp³-hybridized carbons (Fsp3) is 0.364. The Morgan fingerprint density at radius 1 is 1.03 bits per heavy atom. The van der Waals surface area contributed by atoms with E-state index < -0.39 is 0 Å². The summed E-state index contributed by atoms with van der Waals surface area (Å²) in [5, 5.41) is 0. The highest BCUT2D eigenvalue weighted by Gasteiger charge is 2.32. The summed E-state index contributed by atoms with van der Waals surface area (Å²) in [5.41, 5.74) is 2.34. The number of piperazine rings is 1. The van der Waals surface area contributed by atoms with E-state index in [9.17, 15) is 4.79 Å². The fourth-order valence-electron chi connectivity index (χ4n) is 4.35. The maximum absolute atomic E-state index is 12.8. The quantitative estimate of drug-likeness (QED) is 0.684. The molecule has 3 aromatic rings. The van der Waals surface area contributed by atoms with E-state index in [-0.39, 0.29) is 11.7 Å². The number of aromatic nitrogens is 3. The minimum atomic E-state index is 0.0533. The van der Waals surface area contributed by atoms with Crippen LogP contribution >= 0.6 is 0 Å². The standard InChI is InChI=1S/C22H23N5O2/c1-15-21-17(13-16(14-18(21)28)19-5-4-12-29-19)25-22(24-15)27-10-8-26(9-11-27)20-6-2-3-7-23-20/h2-7,12,16H,8-11,13-14H2,1H3/p+1/t16-/m1/s1. The Kier molecular flexibility index (Phi) is 4.50. The molecule has 1 N–H and O–H groups in total. The molecule has 1 saturated heterocycles. The highest BCUT2D eigenvalue weighted by Crippen LogP contribution is 2.34. The SMILES string of the molecule is Cc1nc(N2CCN(c3cccc[nH+]3)CC2)nc2c1C(=O)C[C@H](c1ccco1)C2. The van der Waals surface area contributed by atoms with Crippen LogP contribution in [0.3, 0.4) is 0 Å². The number of ketones is 1. The van der Waals surface area contributed by atoms with E-state index in [1.807, 2.05) is 37.4 Å². The molecular formula is C22H24N5O2+. The van der Waals surface area contributed by atoms with Crippen LogP contribution in [0.25, 0.3) is 0 Å². The lowest BCUT2D eigenvalue weighted by Crippen LogP contribution is -2.48. The van der Waals surface area contributed by atoms with Gasteiger partial charge >= 0.3 is 0 Å². The van der Waals surface area contributed by atoms with Gasteiger partial charge in [-0.2, -0.15) is 0 Å². The second-order valence-corrected chi connectivity index (χ2v) is 7.70. The van der Waals surface area contributed by atoms with Gasteiger partial charge in [0.1, 0.15) is 18.8 Å². The van der Waals surface area contributed by atoms with Gasteiger partial charge in [0, 0.05) is 24.8 Å². The third-order valence-electron chi connectivity index (χ3n) is 5.84. The Hall–Kier alpha value is -3.22. The zero-order valence-corrected chi connectivity index (χ0v) is 16.5. The molecule has 4 heterocycles. The van der Waals surface area contributed by atoms with Crippen molar-refractivity contribution in [2.24, 2.45) is 0 Å². The Morgan fingerprint density at radius 3 is 2.59 bits per heavy atom. The molecule has 0 radical (unpaired) electrons. The molecule has 0 amide bonds. The van der Waals surface area contributed by atoms with Gasteiger partial charge in [0.15, 0.2) is 5.78 Å². The second-order valence-electron chi connectivity index (χ2n) is 7.70. The van der Waals surface area contributed by atoms with Crippen molar-refractivity contribution < 1.29 is 14.2 Å². The van der Waals surface area contributed by atoms with Gasteiger partial charge < -0.3 is 9.32 Å². The summed E-state index contributed by atoms with van der Waals surface area (Å²) in [6.07, 6.45) is 4.78. The number of carbonyl (C=O) groups excluding carboxylic acids is 1. The number of H-pyrrole nitrogens is 1. The van der Waals surface area contributed by atoms with Gasteiger partial charge in [-0.1, -0.05) is 6.07 Å². The summed E-state index contributed by atoms with van der Waals surface area (Å²) in [6.45, 7) is 5.40. The Labute approximate surface area is 169 Å². The number of nitrogens with zero attached hydrogens (tertiary/aromatic N) is 4. The lowest BCUT2D eigenvalue weighted by molar-refractivity contribution is -0.364. The molecule has 1 aliphatic carbocycles. The summed E-state index contributed by atoms with van der Waals surface area (Å²) >= 11 is 0. The number of hydrogen-bond donors (Lipinski definition) is 0. The highest BCUT2D eigenvalue weighted by molar-refractivity contribution is 5.99. The molecule has 5 rings (SSSR count). The van der Waals surface area contributed by atoms with Crippen molar-refractivity contribution in [1.29, 1.82) is 0 Å². The third-order valence-corrected chi connectivity index (χ3v) is 5.84. The van der Waals surface area contributed by atoms with Gasteiger partial charge in [0.25, 0.3) is 5.82 Å². The summed E-state index contributed by atoms with van der Waals surface area (Å²) in [4.78, 5) is 30.1. The van der Waals surface area contributed by atoms with Gasteiger partial charge in [0.05, 0.1) is 42.5 Å². The molecule has 7 nitrogen and oxygen atoms in total. The zero-order chi connectivity index (χ0) is 19.8. The Bertz CT molecular complexity index is 1010. The van der Waals surface area contributed by atoms with Crippen LogP contribution in [0.5, 0.6) is 0 Å². The van der Waals surface area contributed by atoms with Crippen molar-refractivity contribution in [3.8, 4) is 0 Å². The minimum absolute atomic E-state index is 0.0533. The van der Waals surface area contributed by atoms with Gasteiger partial charge in [-0.3, -0.25) is 9.69 Å². The predicted octanol–water partition coefficient (Wildman–Crippen LogP) is 2.43. The van der Waals surface area contributed by atoms with Crippen LogP contribution in [0, 0.1) is 6.92 Å². The molecule has 2 aliphatic rings. The number of rotatable bonds is 3. The molecule has 148 valence electrons. The first-order valence-electron chi connectivity index (χ1n) is 10.1. The number of hydrogen-bond acceptors (Lipinski definition) is 6. The van der Waals surface area contributed by atoms with Crippen LogP contribution < -0.4 is 14.8 Å². The van der Waals surface area contributed by atoms with Gasteiger partial charge in [0.2, 0.25) is 5.95 Å². The molecule has 0 spiro atoms. The molecule has 1 fully saturated rings. The maximum atomic E-state index is 12.8. The first-order chi connectivity index (χ1) is 14.2. The average Bonchev–Trinajstić information content (AvgIpc) is 3.29. The average molecular weight is 390 g/mol. The molecule has 1 atom stereocenters. The molecule has 7 heteroatoms. The topological polar surface area (TPSA) is 76.6 Å².